The first-order chi connectivity index (χ1) is 13.6. The number of halogens is 3. The standard InChI is InChI=1S/C19H23ClF2N4O2S/c1-12-9-14(26-8-7-13(11-26)10-25(2)3)17(20)18(22)19(12)29(27,28)24-16-6-4-5-15(21)23-16/h4-6,9,13H,7-8,10-11H2,1-3H3,(H,23,24). The van der Waals surface area contributed by atoms with Crippen LogP contribution in [0.2, 0.25) is 5.02 Å². The molecule has 6 nitrogen and oxygen atoms in total. The second-order valence-corrected chi connectivity index (χ2v) is 9.48. The molecule has 1 aliphatic rings. The summed E-state index contributed by atoms with van der Waals surface area (Å²) in [6.07, 6.45) is 0.946. The molecule has 1 saturated heterocycles. The van der Waals surface area contributed by atoms with Gasteiger partial charge in [-0.3, -0.25) is 4.72 Å². The van der Waals surface area contributed by atoms with E-state index in [1.807, 2.05) is 19.0 Å². The molecule has 1 atom stereocenters. The van der Waals surface area contributed by atoms with Crippen LogP contribution in [0, 0.1) is 24.6 Å². The molecule has 29 heavy (non-hydrogen) atoms. The quantitative estimate of drug-likeness (QED) is 0.691. The van der Waals surface area contributed by atoms with Crippen molar-refractivity contribution in [1.82, 2.24) is 9.88 Å². The SMILES string of the molecule is Cc1cc(N2CCC(CN(C)C)C2)c(Cl)c(F)c1S(=O)(=O)Nc1cccc(F)n1. The fourth-order valence-electron chi connectivity index (χ4n) is 3.65. The lowest BCUT2D eigenvalue weighted by Crippen LogP contribution is -2.26. The zero-order valence-corrected chi connectivity index (χ0v) is 18.0. The van der Waals surface area contributed by atoms with E-state index in [4.69, 9.17) is 11.6 Å². The first-order valence-corrected chi connectivity index (χ1v) is 11.0. The Morgan fingerprint density at radius 3 is 2.72 bits per heavy atom. The maximum atomic E-state index is 15.1. The normalized spacial score (nSPS) is 17.2. The minimum absolute atomic E-state index is 0.210. The molecule has 1 aromatic heterocycles. The van der Waals surface area contributed by atoms with Crippen LogP contribution in [0.1, 0.15) is 12.0 Å². The van der Waals surface area contributed by atoms with Crippen LogP contribution in [-0.4, -0.2) is 52.0 Å². The molecular formula is C19H23ClF2N4O2S. The van der Waals surface area contributed by atoms with Crippen molar-refractivity contribution < 1.29 is 17.2 Å². The number of aromatic nitrogens is 1. The van der Waals surface area contributed by atoms with Crippen molar-refractivity contribution in [2.24, 2.45) is 5.92 Å². The van der Waals surface area contributed by atoms with Crippen molar-refractivity contribution in [1.29, 1.82) is 0 Å². The lowest BCUT2D eigenvalue weighted by atomic mass is 10.1. The van der Waals surface area contributed by atoms with Gasteiger partial charge in [0.2, 0.25) is 5.95 Å². The summed E-state index contributed by atoms with van der Waals surface area (Å²) in [5.74, 6) is -1.69. The summed E-state index contributed by atoms with van der Waals surface area (Å²) < 4.78 is 55.9. The number of nitrogens with zero attached hydrogens (tertiary/aromatic N) is 3. The van der Waals surface area contributed by atoms with Crippen molar-refractivity contribution in [3.05, 3.63) is 46.6 Å². The van der Waals surface area contributed by atoms with E-state index >= 15 is 4.39 Å². The zero-order chi connectivity index (χ0) is 21.3. The number of sulfonamides is 1. The molecule has 3 rings (SSSR count). The van der Waals surface area contributed by atoms with Gasteiger partial charge in [-0.2, -0.15) is 4.39 Å². The molecule has 0 radical (unpaired) electrons. The molecule has 1 aliphatic heterocycles. The molecule has 10 heteroatoms. The number of rotatable bonds is 6. The number of pyridine rings is 1. The van der Waals surface area contributed by atoms with Crippen LogP contribution >= 0.6 is 11.6 Å². The Labute approximate surface area is 174 Å². The second-order valence-electron chi connectivity index (χ2n) is 7.48. The van der Waals surface area contributed by atoms with E-state index in [0.717, 1.165) is 19.0 Å². The van der Waals surface area contributed by atoms with E-state index in [0.29, 0.717) is 24.7 Å². The molecule has 158 valence electrons. The van der Waals surface area contributed by atoms with Gasteiger partial charge < -0.3 is 9.80 Å². The second kappa shape index (κ2) is 8.41. The molecule has 0 amide bonds. The summed E-state index contributed by atoms with van der Waals surface area (Å²) in [7, 11) is -0.346. The van der Waals surface area contributed by atoms with Crippen LogP contribution in [0.4, 0.5) is 20.3 Å². The molecule has 2 heterocycles. The van der Waals surface area contributed by atoms with Gasteiger partial charge in [-0.1, -0.05) is 17.7 Å². The van der Waals surface area contributed by atoms with Gasteiger partial charge in [0.15, 0.2) is 5.82 Å². The summed E-state index contributed by atoms with van der Waals surface area (Å²) in [6, 6.07) is 5.24. The third-order valence-electron chi connectivity index (χ3n) is 4.80. The van der Waals surface area contributed by atoms with E-state index in [1.54, 1.807) is 6.07 Å². The fraction of sp³-hybridized carbons (Fsp3) is 0.421. The van der Waals surface area contributed by atoms with Crippen LogP contribution in [-0.2, 0) is 10.0 Å². The Bertz CT molecular complexity index is 1020. The van der Waals surface area contributed by atoms with Gasteiger partial charge >= 0.3 is 0 Å². The maximum absolute atomic E-state index is 15.1. The van der Waals surface area contributed by atoms with E-state index in [2.05, 4.69) is 14.6 Å². The number of anilines is 2. The summed E-state index contributed by atoms with van der Waals surface area (Å²) in [5.41, 5.74) is 0.688. The number of hydrogen-bond donors (Lipinski definition) is 1. The van der Waals surface area contributed by atoms with Crippen LogP contribution in [0.5, 0.6) is 0 Å². The maximum Gasteiger partial charge on any atom is 0.266 e. The van der Waals surface area contributed by atoms with Gasteiger partial charge in [-0.05, 0) is 57.1 Å². The van der Waals surface area contributed by atoms with Gasteiger partial charge in [0.1, 0.15) is 15.7 Å². The van der Waals surface area contributed by atoms with E-state index in [1.165, 1.54) is 19.1 Å². The Balaban J connectivity index is 1.91. The molecule has 2 aromatic rings. The first kappa shape index (κ1) is 21.7. The van der Waals surface area contributed by atoms with E-state index in [-0.39, 0.29) is 16.4 Å². The molecule has 0 bridgehead atoms. The molecule has 1 N–H and O–H groups in total. The van der Waals surface area contributed by atoms with Gasteiger partial charge in [0.05, 0.1) is 5.69 Å². The number of nitrogens with one attached hydrogen (secondary N) is 1. The monoisotopic (exact) mass is 444 g/mol. The van der Waals surface area contributed by atoms with Crippen LogP contribution < -0.4 is 9.62 Å². The van der Waals surface area contributed by atoms with E-state index < -0.39 is 26.7 Å². The minimum Gasteiger partial charge on any atom is -0.370 e. The van der Waals surface area contributed by atoms with Gasteiger partial charge in [-0.25, -0.2) is 17.8 Å². The van der Waals surface area contributed by atoms with Crippen molar-refractivity contribution in [2.45, 2.75) is 18.2 Å². The molecule has 0 saturated carbocycles. The third-order valence-corrected chi connectivity index (χ3v) is 6.68. The molecular weight excluding hydrogens is 422 g/mol. The lowest BCUT2D eigenvalue weighted by Gasteiger charge is -2.23. The largest absolute Gasteiger partial charge is 0.370 e. The lowest BCUT2D eigenvalue weighted by molar-refractivity contribution is 0.340. The van der Waals surface area contributed by atoms with Crippen molar-refractivity contribution >= 4 is 33.1 Å². The van der Waals surface area contributed by atoms with Gasteiger partial charge in [0.25, 0.3) is 10.0 Å². The third kappa shape index (κ3) is 4.79. The molecule has 0 spiro atoms. The van der Waals surface area contributed by atoms with Gasteiger partial charge in [-0.15, -0.1) is 0 Å². The Hall–Kier alpha value is -1.97. The summed E-state index contributed by atoms with van der Waals surface area (Å²) >= 11 is 6.24. The average Bonchev–Trinajstić information content (AvgIpc) is 3.05. The number of hydrogen-bond acceptors (Lipinski definition) is 5. The van der Waals surface area contributed by atoms with Gasteiger partial charge in [0, 0.05) is 19.6 Å². The highest BCUT2D eigenvalue weighted by Gasteiger charge is 2.30. The highest BCUT2D eigenvalue weighted by molar-refractivity contribution is 7.92. The van der Waals surface area contributed by atoms with Crippen molar-refractivity contribution in [3.8, 4) is 0 Å². The Morgan fingerprint density at radius 2 is 2.07 bits per heavy atom. The van der Waals surface area contributed by atoms with Crippen LogP contribution in [0.15, 0.2) is 29.2 Å². The highest BCUT2D eigenvalue weighted by Crippen LogP contribution is 2.37. The van der Waals surface area contributed by atoms with Crippen molar-refractivity contribution in [3.63, 3.8) is 0 Å². The fourth-order valence-corrected chi connectivity index (χ4v) is 5.29. The summed E-state index contributed by atoms with van der Waals surface area (Å²) in [6.45, 7) is 3.85. The van der Waals surface area contributed by atoms with Crippen LogP contribution in [0.3, 0.4) is 0 Å². The minimum atomic E-state index is -4.34. The molecule has 1 fully saturated rings. The van der Waals surface area contributed by atoms with Crippen LogP contribution in [0.25, 0.3) is 0 Å². The molecule has 1 aromatic carbocycles. The smallest absolute Gasteiger partial charge is 0.266 e. The Morgan fingerprint density at radius 1 is 1.34 bits per heavy atom. The first-order valence-electron chi connectivity index (χ1n) is 9.12. The van der Waals surface area contributed by atoms with E-state index in [9.17, 15) is 12.8 Å². The number of benzene rings is 1. The zero-order valence-electron chi connectivity index (χ0n) is 16.4. The molecule has 0 aliphatic carbocycles. The molecule has 1 unspecified atom stereocenters. The summed E-state index contributed by atoms with van der Waals surface area (Å²) in [5, 5.41) is -0.242. The predicted molar refractivity (Wildman–Crippen MR) is 110 cm³/mol. The topological polar surface area (TPSA) is 65.5 Å². The predicted octanol–water partition coefficient (Wildman–Crippen LogP) is 3.51. The number of aryl methyl sites for hydroxylation is 1. The highest BCUT2D eigenvalue weighted by atomic mass is 35.5. The Kier molecular flexibility index (Phi) is 6.30. The van der Waals surface area contributed by atoms with Crippen molar-refractivity contribution in [2.75, 3.05) is 43.4 Å². The summed E-state index contributed by atoms with van der Waals surface area (Å²) in [4.78, 5) is 6.96. The average molecular weight is 445 g/mol.